The van der Waals surface area contributed by atoms with E-state index in [-0.39, 0.29) is 16.9 Å². The van der Waals surface area contributed by atoms with Gasteiger partial charge in [0.15, 0.2) is 10.9 Å². The minimum atomic E-state index is -0.375. The van der Waals surface area contributed by atoms with E-state index in [1.165, 1.54) is 36.0 Å². The molecule has 1 heterocycles. The number of hydrogen-bond acceptors (Lipinski definition) is 5. The predicted molar refractivity (Wildman–Crippen MR) is 107 cm³/mol. The highest BCUT2D eigenvalue weighted by Gasteiger charge is 2.21. The van der Waals surface area contributed by atoms with Crippen molar-refractivity contribution in [2.24, 2.45) is 0 Å². The lowest BCUT2D eigenvalue weighted by Gasteiger charge is -2.13. The monoisotopic (exact) mass is 399 g/mol. The maximum Gasteiger partial charge on any atom is 0.192 e. The van der Waals surface area contributed by atoms with Crippen molar-refractivity contribution >= 4 is 17.5 Å². The second kappa shape index (κ2) is 9.61. The van der Waals surface area contributed by atoms with Gasteiger partial charge in [0.25, 0.3) is 0 Å². The first-order valence-electron chi connectivity index (χ1n) is 9.00. The Morgan fingerprint density at radius 1 is 1.14 bits per heavy atom. The highest BCUT2D eigenvalue weighted by Crippen LogP contribution is 2.26. The van der Waals surface area contributed by atoms with Gasteiger partial charge in [-0.05, 0) is 36.8 Å². The van der Waals surface area contributed by atoms with Crippen molar-refractivity contribution in [1.82, 2.24) is 14.8 Å². The molecule has 0 fully saturated rings. The average molecular weight is 399 g/mol. The van der Waals surface area contributed by atoms with Crippen LogP contribution < -0.4 is 0 Å². The number of carbonyl (C=O) groups is 1. The molecule has 0 radical (unpaired) electrons. The van der Waals surface area contributed by atoms with Crippen LogP contribution in [0.5, 0.6) is 0 Å². The highest BCUT2D eigenvalue weighted by atomic mass is 32.2. The van der Waals surface area contributed by atoms with Crippen LogP contribution in [0.2, 0.25) is 0 Å². The Hall–Kier alpha value is -2.51. The van der Waals surface area contributed by atoms with Crippen molar-refractivity contribution in [3.8, 4) is 0 Å². The van der Waals surface area contributed by atoms with Gasteiger partial charge in [-0.2, -0.15) is 0 Å². The lowest BCUT2D eigenvalue weighted by Crippen LogP contribution is -2.16. The molecule has 1 atom stereocenters. The Morgan fingerprint density at radius 3 is 2.54 bits per heavy atom. The van der Waals surface area contributed by atoms with E-state index >= 15 is 0 Å². The van der Waals surface area contributed by atoms with Gasteiger partial charge >= 0.3 is 0 Å². The van der Waals surface area contributed by atoms with Crippen LogP contribution in [0.15, 0.2) is 59.8 Å². The smallest absolute Gasteiger partial charge is 0.192 e. The summed E-state index contributed by atoms with van der Waals surface area (Å²) in [6.45, 7) is 2.95. The molecule has 7 heteroatoms. The molecule has 0 amide bonds. The Bertz CT molecular complexity index is 913. The number of methoxy groups -OCH3 is 1. The number of halogens is 1. The van der Waals surface area contributed by atoms with Crippen LogP contribution >= 0.6 is 11.8 Å². The second-order valence-corrected chi connectivity index (χ2v) is 7.64. The number of Topliss-reactive ketones (excluding diaryl/α,β-unsaturated/α-hetero) is 1. The van der Waals surface area contributed by atoms with Gasteiger partial charge in [-0.3, -0.25) is 4.79 Å². The summed E-state index contributed by atoms with van der Waals surface area (Å²) in [7, 11) is 1.65. The maximum atomic E-state index is 13.1. The van der Waals surface area contributed by atoms with Crippen molar-refractivity contribution in [3.05, 3.63) is 77.4 Å². The van der Waals surface area contributed by atoms with Gasteiger partial charge in [0, 0.05) is 25.6 Å². The summed E-state index contributed by atoms with van der Waals surface area (Å²) < 4.78 is 20.3. The Balaban J connectivity index is 1.78. The predicted octanol–water partition coefficient (Wildman–Crippen LogP) is 4.02. The van der Waals surface area contributed by atoms with Crippen LogP contribution in [0.1, 0.15) is 28.7 Å². The highest BCUT2D eigenvalue weighted by molar-refractivity contribution is 8.00. The fourth-order valence-electron chi connectivity index (χ4n) is 2.78. The lowest BCUT2D eigenvalue weighted by atomic mass is 10.1. The van der Waals surface area contributed by atoms with Gasteiger partial charge in [-0.1, -0.05) is 42.1 Å². The molecular formula is C21H22FN3O2S. The van der Waals surface area contributed by atoms with Crippen LogP contribution in [-0.2, 0) is 17.7 Å². The fourth-order valence-corrected chi connectivity index (χ4v) is 3.75. The van der Waals surface area contributed by atoms with Crippen molar-refractivity contribution in [2.75, 3.05) is 13.7 Å². The normalized spacial score (nSPS) is 12.1. The van der Waals surface area contributed by atoms with Crippen LogP contribution in [0.3, 0.4) is 0 Å². The number of ether oxygens (including phenoxy) is 1. The zero-order chi connectivity index (χ0) is 19.9. The van der Waals surface area contributed by atoms with E-state index in [2.05, 4.69) is 10.2 Å². The van der Waals surface area contributed by atoms with Gasteiger partial charge < -0.3 is 9.30 Å². The quantitative estimate of drug-likeness (QED) is 0.402. The molecule has 0 aliphatic rings. The van der Waals surface area contributed by atoms with Gasteiger partial charge in [-0.25, -0.2) is 4.39 Å². The first kappa shape index (κ1) is 20.2. The van der Waals surface area contributed by atoms with Gasteiger partial charge in [0.1, 0.15) is 11.6 Å². The van der Waals surface area contributed by atoms with E-state index in [4.69, 9.17) is 4.74 Å². The van der Waals surface area contributed by atoms with E-state index < -0.39 is 0 Å². The first-order chi connectivity index (χ1) is 13.6. The third kappa shape index (κ3) is 5.05. The third-order valence-electron chi connectivity index (χ3n) is 4.30. The van der Waals surface area contributed by atoms with E-state index in [1.54, 1.807) is 7.11 Å². The zero-order valence-electron chi connectivity index (χ0n) is 15.8. The van der Waals surface area contributed by atoms with Crippen molar-refractivity contribution in [3.63, 3.8) is 0 Å². The van der Waals surface area contributed by atoms with Gasteiger partial charge in [0.05, 0.1) is 11.9 Å². The van der Waals surface area contributed by atoms with Crippen LogP contribution in [0.4, 0.5) is 4.39 Å². The van der Waals surface area contributed by atoms with Gasteiger partial charge in [-0.15, -0.1) is 10.2 Å². The maximum absolute atomic E-state index is 13.1. The average Bonchev–Trinajstić information content (AvgIpc) is 3.08. The summed E-state index contributed by atoms with van der Waals surface area (Å²) in [5.74, 6) is 0.393. The van der Waals surface area contributed by atoms with Crippen LogP contribution in [0.25, 0.3) is 0 Å². The summed E-state index contributed by atoms with van der Waals surface area (Å²) in [5.41, 5.74) is 1.62. The molecule has 0 saturated heterocycles. The standard InChI is InChI=1S/C21H22FN3O2S/c1-15(20(26)17-8-10-18(22)11-9-17)28-21-24-23-19(25(21)12-13-27-2)14-16-6-4-3-5-7-16/h3-11,15H,12-14H2,1-2H3/t15-/m1/s1. The number of rotatable bonds is 9. The van der Waals surface area contributed by atoms with Crippen LogP contribution in [0, 0.1) is 5.82 Å². The Morgan fingerprint density at radius 2 is 1.86 bits per heavy atom. The fraction of sp³-hybridized carbons (Fsp3) is 0.286. The molecule has 0 spiro atoms. The molecule has 0 saturated carbocycles. The zero-order valence-corrected chi connectivity index (χ0v) is 16.7. The van der Waals surface area contributed by atoms with Gasteiger partial charge in [0.2, 0.25) is 0 Å². The van der Waals surface area contributed by atoms with E-state index in [1.807, 2.05) is 41.8 Å². The number of aromatic nitrogens is 3. The number of benzene rings is 2. The van der Waals surface area contributed by atoms with Crippen molar-refractivity contribution in [2.45, 2.75) is 30.3 Å². The molecule has 1 aromatic heterocycles. The second-order valence-electron chi connectivity index (χ2n) is 6.34. The minimum Gasteiger partial charge on any atom is -0.383 e. The number of ketones is 1. The molecule has 3 rings (SSSR count). The molecule has 0 aliphatic carbocycles. The van der Waals surface area contributed by atoms with E-state index in [9.17, 15) is 9.18 Å². The van der Waals surface area contributed by atoms with E-state index in [0.717, 1.165) is 11.4 Å². The number of carbonyl (C=O) groups excluding carboxylic acids is 1. The number of nitrogens with zero attached hydrogens (tertiary/aromatic N) is 3. The summed E-state index contributed by atoms with van der Waals surface area (Å²) in [5, 5.41) is 8.94. The molecule has 0 unspecified atom stereocenters. The molecule has 28 heavy (non-hydrogen) atoms. The first-order valence-corrected chi connectivity index (χ1v) is 9.88. The largest absolute Gasteiger partial charge is 0.383 e. The summed E-state index contributed by atoms with van der Waals surface area (Å²) in [6.07, 6.45) is 0.651. The molecule has 0 aliphatic heterocycles. The number of hydrogen-bond donors (Lipinski definition) is 0. The molecule has 3 aromatic rings. The minimum absolute atomic E-state index is 0.0732. The van der Waals surface area contributed by atoms with Crippen molar-refractivity contribution in [1.29, 1.82) is 0 Å². The summed E-state index contributed by atoms with van der Waals surface area (Å²) in [4.78, 5) is 12.7. The molecular weight excluding hydrogens is 377 g/mol. The summed E-state index contributed by atoms with van der Waals surface area (Å²) >= 11 is 1.35. The van der Waals surface area contributed by atoms with E-state index in [0.29, 0.717) is 30.3 Å². The lowest BCUT2D eigenvalue weighted by molar-refractivity contribution is 0.0993. The SMILES string of the molecule is COCCn1c(Cc2ccccc2)nnc1S[C@H](C)C(=O)c1ccc(F)cc1. The topological polar surface area (TPSA) is 57.0 Å². The molecule has 146 valence electrons. The Kier molecular flexibility index (Phi) is 6.95. The summed E-state index contributed by atoms with van der Waals surface area (Å²) in [6, 6.07) is 15.6. The van der Waals surface area contributed by atoms with Crippen LogP contribution in [-0.4, -0.2) is 39.5 Å². The number of thioether (sulfide) groups is 1. The molecule has 2 aromatic carbocycles. The Labute approximate surface area is 167 Å². The molecule has 0 bridgehead atoms. The molecule has 0 N–H and O–H groups in total. The molecule has 5 nitrogen and oxygen atoms in total. The van der Waals surface area contributed by atoms with Crippen molar-refractivity contribution < 1.29 is 13.9 Å². The third-order valence-corrected chi connectivity index (χ3v) is 5.38.